The van der Waals surface area contributed by atoms with Crippen LogP contribution in [-0.4, -0.2) is 11.6 Å². The van der Waals surface area contributed by atoms with Crippen LogP contribution in [0.1, 0.15) is 65.2 Å². The Labute approximate surface area is 133 Å². The second-order valence-electron chi connectivity index (χ2n) is 8.96. The molecule has 4 rings (SSSR count). The molecule has 4 saturated carbocycles. The maximum atomic E-state index is 12.4. The lowest BCUT2D eigenvalue weighted by molar-refractivity contribution is -0.138. The Balaban J connectivity index is 1.72. The molecule has 4 aliphatic carbocycles. The van der Waals surface area contributed by atoms with Gasteiger partial charge in [-0.15, -0.1) is 0 Å². The highest BCUT2D eigenvalue weighted by molar-refractivity contribution is 5.87. The lowest BCUT2D eigenvalue weighted by Crippen LogP contribution is -2.54. The van der Waals surface area contributed by atoms with Gasteiger partial charge < -0.3 is 0 Å². The summed E-state index contributed by atoms with van der Waals surface area (Å²) in [6.07, 6.45) is 7.66. The van der Waals surface area contributed by atoms with Gasteiger partial charge in [-0.3, -0.25) is 9.59 Å². The number of Topliss-reactive ketones (excluding diaryl/α,β-unsaturated/α-hetero) is 2. The summed E-state index contributed by atoms with van der Waals surface area (Å²) in [5.41, 5.74) is 1.57. The van der Waals surface area contributed by atoms with Gasteiger partial charge in [-0.2, -0.15) is 0 Å². The zero-order valence-electron chi connectivity index (χ0n) is 14.0. The van der Waals surface area contributed by atoms with E-state index in [4.69, 9.17) is 0 Å². The van der Waals surface area contributed by atoms with Gasteiger partial charge in [0, 0.05) is 24.7 Å². The summed E-state index contributed by atoms with van der Waals surface area (Å²) in [6, 6.07) is 0. The van der Waals surface area contributed by atoms with Crippen LogP contribution in [0.25, 0.3) is 0 Å². The normalized spacial score (nSPS) is 51.3. The van der Waals surface area contributed by atoms with E-state index in [-0.39, 0.29) is 5.41 Å². The van der Waals surface area contributed by atoms with Crippen molar-refractivity contribution in [3.05, 3.63) is 12.2 Å². The van der Waals surface area contributed by atoms with E-state index in [0.717, 1.165) is 51.4 Å². The lowest BCUT2D eigenvalue weighted by atomic mass is 9.44. The Morgan fingerprint density at radius 3 is 2.55 bits per heavy atom. The molecule has 0 radical (unpaired) electrons. The fourth-order valence-electron chi connectivity index (χ4n) is 6.69. The SMILES string of the molecule is C=C1CC2CC(=O)CC[C@]2(C)[C@H]2CC[C@]3(C)C(=O)CC[C@H]3[C@H]12. The molecule has 0 N–H and O–H groups in total. The molecule has 0 aromatic rings. The molecule has 1 unspecified atom stereocenters. The summed E-state index contributed by atoms with van der Waals surface area (Å²) in [7, 11) is 0. The van der Waals surface area contributed by atoms with Gasteiger partial charge in [0.05, 0.1) is 0 Å². The van der Waals surface area contributed by atoms with Gasteiger partial charge >= 0.3 is 0 Å². The van der Waals surface area contributed by atoms with Crippen molar-refractivity contribution in [1.29, 1.82) is 0 Å². The fourth-order valence-corrected chi connectivity index (χ4v) is 6.69. The number of allylic oxidation sites excluding steroid dienone is 1. The highest BCUT2D eigenvalue weighted by atomic mass is 16.1. The molecule has 4 fully saturated rings. The average Bonchev–Trinajstić information content (AvgIpc) is 2.77. The first-order valence-corrected chi connectivity index (χ1v) is 9.09. The van der Waals surface area contributed by atoms with E-state index in [1.807, 2.05) is 0 Å². The van der Waals surface area contributed by atoms with E-state index in [9.17, 15) is 9.59 Å². The van der Waals surface area contributed by atoms with E-state index >= 15 is 0 Å². The number of hydrogen-bond acceptors (Lipinski definition) is 2. The molecule has 6 atom stereocenters. The van der Waals surface area contributed by atoms with Crippen molar-refractivity contribution in [2.75, 3.05) is 0 Å². The van der Waals surface area contributed by atoms with Gasteiger partial charge in [-0.1, -0.05) is 26.0 Å². The Morgan fingerprint density at radius 1 is 1.00 bits per heavy atom. The molecule has 2 nitrogen and oxygen atoms in total. The minimum absolute atomic E-state index is 0.0855. The molecule has 0 aliphatic heterocycles. The first kappa shape index (κ1) is 14.7. The smallest absolute Gasteiger partial charge is 0.139 e. The number of fused-ring (bicyclic) bond motifs is 5. The molecular weight excluding hydrogens is 272 g/mol. The molecule has 0 heterocycles. The summed E-state index contributed by atoms with van der Waals surface area (Å²) in [5.74, 6) is 3.14. The quantitative estimate of drug-likeness (QED) is 0.624. The molecule has 0 saturated heterocycles. The summed E-state index contributed by atoms with van der Waals surface area (Å²) in [6.45, 7) is 9.10. The van der Waals surface area contributed by atoms with Crippen molar-refractivity contribution in [1.82, 2.24) is 0 Å². The molecule has 0 bridgehead atoms. The largest absolute Gasteiger partial charge is 0.300 e. The van der Waals surface area contributed by atoms with E-state index < -0.39 is 0 Å². The van der Waals surface area contributed by atoms with Gasteiger partial charge in [0.1, 0.15) is 11.6 Å². The molecule has 0 aromatic carbocycles. The number of carbonyl (C=O) groups is 2. The van der Waals surface area contributed by atoms with Crippen LogP contribution < -0.4 is 0 Å². The van der Waals surface area contributed by atoms with Crippen LogP contribution in [0, 0.1) is 34.5 Å². The van der Waals surface area contributed by atoms with Crippen LogP contribution in [0.2, 0.25) is 0 Å². The highest BCUT2D eigenvalue weighted by Crippen LogP contribution is 2.66. The van der Waals surface area contributed by atoms with Gasteiger partial charge in [0.2, 0.25) is 0 Å². The topological polar surface area (TPSA) is 34.1 Å². The molecule has 120 valence electrons. The van der Waals surface area contributed by atoms with Crippen LogP contribution in [0.5, 0.6) is 0 Å². The molecule has 0 aromatic heterocycles. The Hall–Kier alpha value is -0.920. The highest BCUT2D eigenvalue weighted by Gasteiger charge is 2.61. The Kier molecular flexibility index (Phi) is 3.03. The number of rotatable bonds is 0. The monoisotopic (exact) mass is 300 g/mol. The third kappa shape index (κ3) is 1.73. The molecule has 4 aliphatic rings. The number of carbonyl (C=O) groups excluding carboxylic acids is 2. The van der Waals surface area contributed by atoms with Crippen molar-refractivity contribution in [2.24, 2.45) is 34.5 Å². The molecular formula is C20H28O2. The minimum atomic E-state index is -0.0855. The first-order valence-electron chi connectivity index (χ1n) is 9.09. The van der Waals surface area contributed by atoms with Gasteiger partial charge in [0.25, 0.3) is 0 Å². The van der Waals surface area contributed by atoms with E-state index in [0.29, 0.717) is 40.7 Å². The Bertz CT molecular complexity index is 562. The third-order valence-electron chi connectivity index (χ3n) is 8.16. The predicted octanol–water partition coefficient (Wildman–Crippen LogP) is 4.33. The molecule has 0 amide bonds. The van der Waals surface area contributed by atoms with Crippen LogP contribution >= 0.6 is 0 Å². The van der Waals surface area contributed by atoms with Crippen LogP contribution in [0.3, 0.4) is 0 Å². The predicted molar refractivity (Wildman–Crippen MR) is 86.3 cm³/mol. The minimum Gasteiger partial charge on any atom is -0.300 e. The summed E-state index contributed by atoms with van der Waals surface area (Å²) >= 11 is 0. The third-order valence-corrected chi connectivity index (χ3v) is 8.16. The average molecular weight is 300 g/mol. The van der Waals surface area contributed by atoms with E-state index in [2.05, 4.69) is 20.4 Å². The first-order chi connectivity index (χ1) is 10.4. The zero-order chi connectivity index (χ0) is 15.7. The Morgan fingerprint density at radius 2 is 1.77 bits per heavy atom. The molecule has 22 heavy (non-hydrogen) atoms. The van der Waals surface area contributed by atoms with E-state index in [1.165, 1.54) is 5.57 Å². The van der Waals surface area contributed by atoms with Gasteiger partial charge in [-0.25, -0.2) is 0 Å². The maximum Gasteiger partial charge on any atom is 0.139 e. The maximum absolute atomic E-state index is 12.4. The van der Waals surface area contributed by atoms with Crippen molar-refractivity contribution in [2.45, 2.75) is 65.2 Å². The second-order valence-corrected chi connectivity index (χ2v) is 8.96. The lowest BCUT2D eigenvalue weighted by Gasteiger charge is -2.60. The van der Waals surface area contributed by atoms with Crippen LogP contribution in [-0.2, 0) is 9.59 Å². The van der Waals surface area contributed by atoms with Gasteiger partial charge in [0.15, 0.2) is 0 Å². The number of hydrogen-bond donors (Lipinski definition) is 0. The summed E-state index contributed by atoms with van der Waals surface area (Å²) in [4.78, 5) is 24.4. The van der Waals surface area contributed by atoms with Crippen molar-refractivity contribution in [3.63, 3.8) is 0 Å². The molecule has 0 spiro atoms. The number of ketones is 2. The van der Waals surface area contributed by atoms with Crippen molar-refractivity contribution < 1.29 is 9.59 Å². The van der Waals surface area contributed by atoms with Crippen LogP contribution in [0.15, 0.2) is 12.2 Å². The van der Waals surface area contributed by atoms with Crippen molar-refractivity contribution in [3.8, 4) is 0 Å². The van der Waals surface area contributed by atoms with Crippen LogP contribution in [0.4, 0.5) is 0 Å². The van der Waals surface area contributed by atoms with Crippen molar-refractivity contribution >= 4 is 11.6 Å². The summed E-state index contributed by atoms with van der Waals surface area (Å²) in [5, 5.41) is 0. The fraction of sp³-hybridized carbons (Fsp3) is 0.800. The summed E-state index contributed by atoms with van der Waals surface area (Å²) < 4.78 is 0. The zero-order valence-corrected chi connectivity index (χ0v) is 14.0. The van der Waals surface area contributed by atoms with E-state index in [1.54, 1.807) is 0 Å². The second kappa shape index (κ2) is 4.55. The molecule has 2 heteroatoms. The standard InChI is InChI=1S/C20H28O2/c1-12-10-13-11-14(21)6-8-19(13,2)16-7-9-20(3)15(18(12)16)4-5-17(20)22/h13,15-16,18H,1,4-11H2,2-3H3/t13?,15-,16-,18-,19-,20-/m0/s1. The van der Waals surface area contributed by atoms with Gasteiger partial charge in [-0.05, 0) is 61.2 Å².